The van der Waals surface area contributed by atoms with Crippen molar-refractivity contribution in [1.29, 1.82) is 0 Å². The van der Waals surface area contributed by atoms with Crippen LogP contribution in [0.15, 0.2) is 20.3 Å². The van der Waals surface area contributed by atoms with Crippen LogP contribution in [-0.4, -0.2) is 22.6 Å². The number of hydrogen-bond acceptors (Lipinski definition) is 3. The molecule has 1 aromatic heterocycles. The predicted molar refractivity (Wildman–Crippen MR) is 66.7 cm³/mol. The quantitative estimate of drug-likeness (QED) is 0.832. The van der Waals surface area contributed by atoms with E-state index in [1.54, 1.807) is 0 Å². The highest BCUT2D eigenvalue weighted by Crippen LogP contribution is 2.01. The first kappa shape index (κ1) is 13.2. The molecular weight excluding hydrogens is 274 g/mol. The van der Waals surface area contributed by atoms with Gasteiger partial charge in [0.1, 0.15) is 0 Å². The molecule has 0 fully saturated rings. The van der Waals surface area contributed by atoms with Gasteiger partial charge in [0.2, 0.25) is 0 Å². The standard InChI is InChI=1S/C10H16BrN3O2/c1-3-12-4-7(2)5-14-6-8(11)9(15)13-10(14)16/h6-7,12H,3-5H2,1-2H3,(H,13,15,16). The molecule has 0 bridgehead atoms. The van der Waals surface area contributed by atoms with Crippen LogP contribution in [0.1, 0.15) is 13.8 Å². The first-order chi connectivity index (χ1) is 7.54. The first-order valence-electron chi connectivity index (χ1n) is 5.24. The molecular formula is C10H16BrN3O2. The molecule has 0 aliphatic carbocycles. The van der Waals surface area contributed by atoms with E-state index in [0.29, 0.717) is 16.9 Å². The minimum atomic E-state index is -0.388. The summed E-state index contributed by atoms with van der Waals surface area (Å²) in [4.78, 5) is 24.8. The average molecular weight is 290 g/mol. The summed E-state index contributed by atoms with van der Waals surface area (Å²) < 4.78 is 1.88. The van der Waals surface area contributed by atoms with E-state index < -0.39 is 0 Å². The highest BCUT2D eigenvalue weighted by atomic mass is 79.9. The van der Waals surface area contributed by atoms with E-state index in [0.717, 1.165) is 13.1 Å². The molecule has 0 aliphatic heterocycles. The minimum absolute atomic E-state index is 0.329. The van der Waals surface area contributed by atoms with Crippen molar-refractivity contribution in [3.8, 4) is 0 Å². The van der Waals surface area contributed by atoms with E-state index in [-0.39, 0.29) is 11.2 Å². The van der Waals surface area contributed by atoms with Gasteiger partial charge in [-0.2, -0.15) is 0 Å². The van der Waals surface area contributed by atoms with Crippen molar-refractivity contribution in [2.45, 2.75) is 20.4 Å². The van der Waals surface area contributed by atoms with E-state index >= 15 is 0 Å². The Kier molecular flexibility index (Phi) is 4.95. The van der Waals surface area contributed by atoms with Gasteiger partial charge < -0.3 is 5.32 Å². The number of nitrogens with one attached hydrogen (secondary N) is 2. The third-order valence-electron chi connectivity index (χ3n) is 2.22. The smallest absolute Gasteiger partial charge is 0.317 e. The molecule has 1 heterocycles. The van der Waals surface area contributed by atoms with Crippen molar-refractivity contribution in [1.82, 2.24) is 14.9 Å². The molecule has 0 saturated carbocycles. The number of aromatic nitrogens is 2. The summed E-state index contributed by atoms with van der Waals surface area (Å²) in [7, 11) is 0. The molecule has 1 atom stereocenters. The summed E-state index contributed by atoms with van der Waals surface area (Å²) >= 11 is 3.10. The molecule has 1 unspecified atom stereocenters. The summed E-state index contributed by atoms with van der Waals surface area (Å²) in [6.45, 7) is 6.43. The normalized spacial score (nSPS) is 12.7. The SMILES string of the molecule is CCNCC(C)Cn1cc(Br)c(=O)[nH]c1=O. The Morgan fingerprint density at radius 1 is 1.56 bits per heavy atom. The zero-order valence-electron chi connectivity index (χ0n) is 9.42. The van der Waals surface area contributed by atoms with Crippen molar-refractivity contribution >= 4 is 15.9 Å². The molecule has 0 aliphatic rings. The Balaban J connectivity index is 2.78. The largest absolute Gasteiger partial charge is 0.328 e. The highest BCUT2D eigenvalue weighted by Gasteiger charge is 2.06. The Morgan fingerprint density at radius 3 is 2.88 bits per heavy atom. The van der Waals surface area contributed by atoms with Crippen LogP contribution in [0.4, 0.5) is 0 Å². The number of hydrogen-bond donors (Lipinski definition) is 2. The number of halogens is 1. The lowest BCUT2D eigenvalue weighted by Crippen LogP contribution is -2.33. The van der Waals surface area contributed by atoms with Gasteiger partial charge in [0.15, 0.2) is 0 Å². The molecule has 0 saturated heterocycles. The van der Waals surface area contributed by atoms with Crippen LogP contribution in [0, 0.1) is 5.92 Å². The van der Waals surface area contributed by atoms with Crippen LogP contribution in [0.2, 0.25) is 0 Å². The molecule has 2 N–H and O–H groups in total. The highest BCUT2D eigenvalue weighted by molar-refractivity contribution is 9.10. The molecule has 0 spiro atoms. The van der Waals surface area contributed by atoms with E-state index in [1.807, 2.05) is 13.8 Å². The van der Waals surface area contributed by atoms with Gasteiger partial charge in [-0.25, -0.2) is 4.79 Å². The molecule has 90 valence electrons. The zero-order chi connectivity index (χ0) is 12.1. The van der Waals surface area contributed by atoms with Crippen LogP contribution in [-0.2, 0) is 6.54 Å². The van der Waals surface area contributed by atoms with Gasteiger partial charge in [-0.1, -0.05) is 13.8 Å². The second kappa shape index (κ2) is 6.00. The summed E-state index contributed by atoms with van der Waals surface area (Å²) in [5.41, 5.74) is -0.753. The van der Waals surface area contributed by atoms with Crippen LogP contribution in [0.3, 0.4) is 0 Å². The Morgan fingerprint density at radius 2 is 2.25 bits per heavy atom. The van der Waals surface area contributed by atoms with Gasteiger partial charge in [-0.15, -0.1) is 0 Å². The lowest BCUT2D eigenvalue weighted by molar-refractivity contribution is 0.438. The van der Waals surface area contributed by atoms with Crippen molar-refractivity contribution in [2.24, 2.45) is 5.92 Å². The maximum Gasteiger partial charge on any atom is 0.328 e. The molecule has 0 amide bonds. The number of nitrogens with zero attached hydrogens (tertiary/aromatic N) is 1. The monoisotopic (exact) mass is 289 g/mol. The Bertz CT molecular complexity index is 452. The fourth-order valence-electron chi connectivity index (χ4n) is 1.41. The van der Waals surface area contributed by atoms with Crippen LogP contribution >= 0.6 is 15.9 Å². The summed E-state index contributed by atoms with van der Waals surface area (Å²) in [5, 5.41) is 3.21. The molecule has 16 heavy (non-hydrogen) atoms. The summed E-state index contributed by atoms with van der Waals surface area (Å²) in [5.74, 6) is 0.329. The number of rotatable bonds is 5. The van der Waals surface area contributed by atoms with E-state index in [9.17, 15) is 9.59 Å². The molecule has 5 nitrogen and oxygen atoms in total. The molecule has 0 aromatic carbocycles. The van der Waals surface area contributed by atoms with Crippen molar-refractivity contribution in [3.05, 3.63) is 31.5 Å². The fourth-order valence-corrected chi connectivity index (χ4v) is 1.76. The lowest BCUT2D eigenvalue weighted by Gasteiger charge is -2.13. The van der Waals surface area contributed by atoms with Crippen LogP contribution in [0.5, 0.6) is 0 Å². The summed E-state index contributed by atoms with van der Waals surface area (Å²) in [6.07, 6.45) is 1.53. The van der Waals surface area contributed by atoms with Gasteiger partial charge >= 0.3 is 5.69 Å². The maximum atomic E-state index is 11.5. The third-order valence-corrected chi connectivity index (χ3v) is 2.78. The van der Waals surface area contributed by atoms with E-state index in [4.69, 9.17) is 0 Å². The topological polar surface area (TPSA) is 66.9 Å². The van der Waals surface area contributed by atoms with Gasteiger partial charge in [-0.3, -0.25) is 14.3 Å². The summed E-state index contributed by atoms with van der Waals surface area (Å²) in [6, 6.07) is 0. The molecule has 0 radical (unpaired) electrons. The Hall–Kier alpha value is -0.880. The molecule has 1 aromatic rings. The first-order valence-corrected chi connectivity index (χ1v) is 6.03. The van der Waals surface area contributed by atoms with Gasteiger partial charge in [0, 0.05) is 12.7 Å². The predicted octanol–water partition coefficient (Wildman–Crippen LogP) is 0.545. The van der Waals surface area contributed by atoms with Gasteiger partial charge in [-0.05, 0) is 34.9 Å². The Labute approximate surface area is 102 Å². The second-order valence-corrected chi connectivity index (χ2v) is 4.66. The maximum absolute atomic E-state index is 11.5. The fraction of sp³-hybridized carbons (Fsp3) is 0.600. The van der Waals surface area contributed by atoms with Crippen LogP contribution in [0.25, 0.3) is 0 Å². The van der Waals surface area contributed by atoms with E-state index in [1.165, 1.54) is 10.8 Å². The average Bonchev–Trinajstić information content (AvgIpc) is 2.23. The van der Waals surface area contributed by atoms with Crippen molar-refractivity contribution in [3.63, 3.8) is 0 Å². The second-order valence-electron chi connectivity index (χ2n) is 3.80. The lowest BCUT2D eigenvalue weighted by atomic mass is 10.2. The minimum Gasteiger partial charge on any atom is -0.317 e. The third kappa shape index (κ3) is 3.61. The number of H-pyrrole nitrogens is 1. The zero-order valence-corrected chi connectivity index (χ0v) is 11.0. The van der Waals surface area contributed by atoms with Crippen molar-refractivity contribution < 1.29 is 0 Å². The van der Waals surface area contributed by atoms with Gasteiger partial charge in [0.05, 0.1) is 4.47 Å². The molecule has 1 rings (SSSR count). The van der Waals surface area contributed by atoms with E-state index in [2.05, 4.69) is 26.2 Å². The van der Waals surface area contributed by atoms with Crippen LogP contribution < -0.4 is 16.6 Å². The van der Waals surface area contributed by atoms with Gasteiger partial charge in [0.25, 0.3) is 5.56 Å². The number of aromatic amines is 1. The van der Waals surface area contributed by atoms with Crippen molar-refractivity contribution in [2.75, 3.05) is 13.1 Å². The molecule has 6 heteroatoms.